The number of hydrogen-bond acceptors (Lipinski definition) is 0. The fraction of sp³-hybridized carbons (Fsp3) is 0.231. The third kappa shape index (κ3) is 0.897. The lowest BCUT2D eigenvalue weighted by atomic mass is 10.1. The molecule has 1 aliphatic carbocycles. The van der Waals surface area contributed by atoms with Gasteiger partial charge in [0.05, 0.1) is 5.52 Å². The monoisotopic (exact) mass is 183 g/mol. The van der Waals surface area contributed by atoms with Crippen LogP contribution in [0.25, 0.3) is 17.0 Å². The Morgan fingerprint density at radius 3 is 3.07 bits per heavy atom. The van der Waals surface area contributed by atoms with Crippen molar-refractivity contribution in [1.82, 2.24) is 4.57 Å². The van der Waals surface area contributed by atoms with Gasteiger partial charge in [0.1, 0.15) is 0 Å². The highest BCUT2D eigenvalue weighted by Crippen LogP contribution is 2.29. The van der Waals surface area contributed by atoms with Gasteiger partial charge in [-0.3, -0.25) is 0 Å². The van der Waals surface area contributed by atoms with Crippen LogP contribution in [0.3, 0.4) is 0 Å². The molecule has 1 heteroatoms. The zero-order valence-corrected chi connectivity index (χ0v) is 8.33. The van der Waals surface area contributed by atoms with Crippen LogP contribution in [0.1, 0.15) is 18.1 Å². The van der Waals surface area contributed by atoms with Crippen molar-refractivity contribution in [3.8, 4) is 0 Å². The molecule has 1 aromatic carbocycles. The van der Waals surface area contributed by atoms with E-state index in [4.69, 9.17) is 0 Å². The van der Waals surface area contributed by atoms with Crippen molar-refractivity contribution in [1.29, 1.82) is 0 Å². The second-order valence-electron chi connectivity index (χ2n) is 3.78. The van der Waals surface area contributed by atoms with Gasteiger partial charge in [-0.2, -0.15) is 0 Å². The minimum Gasteiger partial charge on any atom is -0.347 e. The van der Waals surface area contributed by atoms with Crippen molar-refractivity contribution in [3.63, 3.8) is 0 Å². The first kappa shape index (κ1) is 7.86. The van der Waals surface area contributed by atoms with Crippen molar-refractivity contribution in [2.45, 2.75) is 19.9 Å². The number of allylic oxidation sites excluding steroid dienone is 1. The summed E-state index contributed by atoms with van der Waals surface area (Å²) in [4.78, 5) is 0. The normalized spacial score (nSPS) is 13.8. The van der Waals surface area contributed by atoms with Gasteiger partial charge in [-0.05, 0) is 25.0 Å². The van der Waals surface area contributed by atoms with Gasteiger partial charge < -0.3 is 4.57 Å². The van der Waals surface area contributed by atoms with E-state index in [9.17, 15) is 0 Å². The average Bonchev–Trinajstić information content (AvgIpc) is 2.82. The predicted octanol–water partition coefficient (Wildman–Crippen LogP) is 3.23. The minimum atomic E-state index is 1.05. The maximum atomic E-state index is 2.32. The number of nitrogens with zero attached hydrogens (tertiary/aromatic N) is 1. The van der Waals surface area contributed by atoms with Gasteiger partial charge in [-0.1, -0.05) is 24.3 Å². The lowest BCUT2D eigenvalue weighted by molar-refractivity contribution is 0.797. The lowest BCUT2D eigenvalue weighted by Crippen LogP contribution is -1.93. The van der Waals surface area contributed by atoms with E-state index in [1.165, 1.54) is 22.0 Å². The van der Waals surface area contributed by atoms with Gasteiger partial charge in [0.2, 0.25) is 0 Å². The van der Waals surface area contributed by atoms with Crippen LogP contribution in [-0.2, 0) is 13.0 Å². The van der Waals surface area contributed by atoms with E-state index < -0.39 is 0 Å². The number of aromatic nitrogens is 1. The molecule has 0 spiro atoms. The fourth-order valence-corrected chi connectivity index (χ4v) is 2.30. The first-order valence-corrected chi connectivity index (χ1v) is 5.17. The summed E-state index contributed by atoms with van der Waals surface area (Å²) in [7, 11) is 0. The van der Waals surface area contributed by atoms with E-state index in [0.717, 1.165) is 13.0 Å². The summed E-state index contributed by atoms with van der Waals surface area (Å²) in [6.07, 6.45) is 7.78. The molecule has 0 bridgehead atoms. The van der Waals surface area contributed by atoms with Crippen molar-refractivity contribution in [2.24, 2.45) is 0 Å². The summed E-state index contributed by atoms with van der Waals surface area (Å²) in [6, 6.07) is 6.68. The molecule has 1 nitrogen and oxygen atoms in total. The number of aryl methyl sites for hydroxylation is 1. The molecule has 0 atom stereocenters. The summed E-state index contributed by atoms with van der Waals surface area (Å²) in [5, 5.41) is 1.36. The highest BCUT2D eigenvalue weighted by molar-refractivity contribution is 5.91. The Balaban J connectivity index is 2.44. The molecule has 2 aromatic rings. The Morgan fingerprint density at radius 1 is 1.29 bits per heavy atom. The Morgan fingerprint density at radius 2 is 2.21 bits per heavy atom. The van der Waals surface area contributed by atoms with Gasteiger partial charge in [-0.25, -0.2) is 0 Å². The zero-order valence-electron chi connectivity index (χ0n) is 8.33. The Bertz CT molecular complexity index is 517. The predicted molar refractivity (Wildman–Crippen MR) is 60.4 cm³/mol. The summed E-state index contributed by atoms with van der Waals surface area (Å²) in [5.41, 5.74) is 4.29. The van der Waals surface area contributed by atoms with Crippen LogP contribution in [0.5, 0.6) is 0 Å². The molecular formula is C13H13N. The minimum absolute atomic E-state index is 1.05. The molecule has 0 amide bonds. The molecule has 0 saturated carbocycles. The number of rotatable bonds is 1. The summed E-state index contributed by atoms with van der Waals surface area (Å²) < 4.78 is 2.32. The highest BCUT2D eigenvalue weighted by atomic mass is 14.9. The van der Waals surface area contributed by atoms with Gasteiger partial charge in [0.15, 0.2) is 0 Å². The first-order chi connectivity index (χ1) is 6.90. The Labute approximate surface area is 83.7 Å². The van der Waals surface area contributed by atoms with E-state index in [2.05, 4.69) is 48.0 Å². The summed E-state index contributed by atoms with van der Waals surface area (Å²) >= 11 is 0. The second kappa shape index (κ2) is 2.74. The van der Waals surface area contributed by atoms with Gasteiger partial charge in [-0.15, -0.1) is 0 Å². The molecule has 0 N–H and O–H groups in total. The van der Waals surface area contributed by atoms with Gasteiger partial charge in [0.25, 0.3) is 0 Å². The van der Waals surface area contributed by atoms with E-state index in [1.807, 2.05) is 0 Å². The third-order valence-corrected chi connectivity index (χ3v) is 3.02. The molecule has 0 radical (unpaired) electrons. The van der Waals surface area contributed by atoms with Crippen LogP contribution in [0.4, 0.5) is 0 Å². The van der Waals surface area contributed by atoms with Crippen LogP contribution >= 0.6 is 0 Å². The molecular weight excluding hydrogens is 170 g/mol. The number of benzene rings is 1. The molecule has 0 saturated heterocycles. The molecule has 1 heterocycles. The largest absolute Gasteiger partial charge is 0.347 e. The molecule has 70 valence electrons. The summed E-state index contributed by atoms with van der Waals surface area (Å²) in [6.45, 7) is 3.24. The molecule has 1 aliphatic rings. The van der Waals surface area contributed by atoms with E-state index in [-0.39, 0.29) is 0 Å². The van der Waals surface area contributed by atoms with Crippen LogP contribution < -0.4 is 0 Å². The van der Waals surface area contributed by atoms with E-state index >= 15 is 0 Å². The molecule has 14 heavy (non-hydrogen) atoms. The standard InChI is InChI=1S/C13H13N/c1-2-14-9-8-11-7-6-10-4-3-5-12(10)13(11)14/h3,5-9H,2,4H2,1H3. The molecule has 3 rings (SSSR count). The van der Waals surface area contributed by atoms with Gasteiger partial charge in [0, 0.05) is 23.7 Å². The second-order valence-corrected chi connectivity index (χ2v) is 3.78. The SMILES string of the molecule is CCn1ccc2ccc3c(c21)C=CC3. The smallest absolute Gasteiger partial charge is 0.0556 e. The van der Waals surface area contributed by atoms with Crippen molar-refractivity contribution in [2.75, 3.05) is 0 Å². The topological polar surface area (TPSA) is 4.93 Å². The maximum Gasteiger partial charge on any atom is 0.0556 e. The summed E-state index contributed by atoms with van der Waals surface area (Å²) in [5.74, 6) is 0. The van der Waals surface area contributed by atoms with Crippen molar-refractivity contribution >= 4 is 17.0 Å². The van der Waals surface area contributed by atoms with Crippen molar-refractivity contribution in [3.05, 3.63) is 41.6 Å². The highest BCUT2D eigenvalue weighted by Gasteiger charge is 2.11. The van der Waals surface area contributed by atoms with Crippen LogP contribution in [0, 0.1) is 0 Å². The number of hydrogen-bond donors (Lipinski definition) is 0. The maximum absolute atomic E-state index is 2.32. The van der Waals surface area contributed by atoms with Crippen LogP contribution in [0.2, 0.25) is 0 Å². The molecule has 1 aromatic heterocycles. The van der Waals surface area contributed by atoms with Gasteiger partial charge >= 0.3 is 0 Å². The third-order valence-electron chi connectivity index (χ3n) is 3.02. The fourth-order valence-electron chi connectivity index (χ4n) is 2.30. The first-order valence-electron chi connectivity index (χ1n) is 5.17. The van der Waals surface area contributed by atoms with E-state index in [1.54, 1.807) is 0 Å². The van der Waals surface area contributed by atoms with Crippen LogP contribution in [0.15, 0.2) is 30.5 Å². The Kier molecular flexibility index (Phi) is 1.54. The van der Waals surface area contributed by atoms with E-state index in [0.29, 0.717) is 0 Å². The van der Waals surface area contributed by atoms with Crippen molar-refractivity contribution < 1.29 is 0 Å². The number of fused-ring (bicyclic) bond motifs is 3. The zero-order chi connectivity index (χ0) is 9.54. The molecule has 0 aliphatic heterocycles. The van der Waals surface area contributed by atoms with Crippen LogP contribution in [-0.4, -0.2) is 4.57 Å². The lowest BCUT2D eigenvalue weighted by Gasteiger charge is -2.05. The quantitative estimate of drug-likeness (QED) is 0.639. The molecule has 0 unspecified atom stereocenters. The Hall–Kier alpha value is -1.50. The molecule has 0 fully saturated rings. The average molecular weight is 183 g/mol.